The Balaban J connectivity index is 1.77. The van der Waals surface area contributed by atoms with Crippen LogP contribution >= 0.6 is 11.6 Å². The Morgan fingerprint density at radius 3 is 2.81 bits per heavy atom. The van der Waals surface area contributed by atoms with Gasteiger partial charge in [0.15, 0.2) is 0 Å². The van der Waals surface area contributed by atoms with Gasteiger partial charge in [0.05, 0.1) is 12.5 Å². The number of benzene rings is 1. The maximum absolute atomic E-state index is 14.0. The van der Waals surface area contributed by atoms with Crippen LogP contribution in [0.1, 0.15) is 31.2 Å². The third kappa shape index (κ3) is 3.38. The summed E-state index contributed by atoms with van der Waals surface area (Å²) < 4.78 is 14.0. The molecule has 1 amide bonds. The van der Waals surface area contributed by atoms with E-state index < -0.39 is 0 Å². The molecule has 5 heteroatoms. The van der Waals surface area contributed by atoms with Crippen molar-refractivity contribution in [3.63, 3.8) is 0 Å². The molecule has 1 aliphatic heterocycles. The second kappa shape index (κ2) is 6.32. The molecule has 3 nitrogen and oxygen atoms in total. The molecular weight excluding hydrogens is 291 g/mol. The summed E-state index contributed by atoms with van der Waals surface area (Å²) >= 11 is 6.10. The SMILES string of the molecule is O=C([C@@H]1CCCNC1)N(Cc1c(F)cccc1Cl)C1CC1. The van der Waals surface area contributed by atoms with E-state index >= 15 is 0 Å². The highest BCUT2D eigenvalue weighted by molar-refractivity contribution is 6.31. The van der Waals surface area contributed by atoms with Gasteiger partial charge in [-0.2, -0.15) is 0 Å². The van der Waals surface area contributed by atoms with E-state index in [9.17, 15) is 9.18 Å². The molecule has 3 rings (SSSR count). The molecule has 21 heavy (non-hydrogen) atoms. The molecule has 2 aliphatic rings. The molecule has 114 valence electrons. The van der Waals surface area contributed by atoms with Crippen LogP contribution in [0.25, 0.3) is 0 Å². The molecule has 1 heterocycles. The van der Waals surface area contributed by atoms with Crippen molar-refractivity contribution in [2.75, 3.05) is 13.1 Å². The van der Waals surface area contributed by atoms with Gasteiger partial charge >= 0.3 is 0 Å². The lowest BCUT2D eigenvalue weighted by atomic mass is 9.97. The predicted octanol–water partition coefficient (Wildman–Crippen LogP) is 2.97. The van der Waals surface area contributed by atoms with E-state index in [4.69, 9.17) is 11.6 Å². The molecule has 1 saturated heterocycles. The van der Waals surface area contributed by atoms with E-state index in [2.05, 4.69) is 5.32 Å². The van der Waals surface area contributed by atoms with Crippen molar-refractivity contribution in [1.82, 2.24) is 10.2 Å². The van der Waals surface area contributed by atoms with Gasteiger partial charge in [-0.05, 0) is 44.4 Å². The molecular formula is C16H20ClFN2O. The zero-order valence-electron chi connectivity index (χ0n) is 11.9. The molecule has 2 fully saturated rings. The Labute approximate surface area is 129 Å². The number of rotatable bonds is 4. The first kappa shape index (κ1) is 14.8. The van der Waals surface area contributed by atoms with E-state index in [1.54, 1.807) is 12.1 Å². The minimum Gasteiger partial charge on any atom is -0.335 e. The van der Waals surface area contributed by atoms with E-state index in [0.29, 0.717) is 10.6 Å². The van der Waals surface area contributed by atoms with Crippen LogP contribution in [0.15, 0.2) is 18.2 Å². The van der Waals surface area contributed by atoms with Crippen LogP contribution < -0.4 is 5.32 Å². The molecule has 1 N–H and O–H groups in total. The zero-order chi connectivity index (χ0) is 14.8. The topological polar surface area (TPSA) is 32.3 Å². The lowest BCUT2D eigenvalue weighted by molar-refractivity contribution is -0.137. The zero-order valence-corrected chi connectivity index (χ0v) is 12.7. The van der Waals surface area contributed by atoms with Crippen LogP contribution in [0, 0.1) is 11.7 Å². The van der Waals surface area contributed by atoms with Crippen molar-refractivity contribution in [2.24, 2.45) is 5.92 Å². The Hall–Kier alpha value is -1.13. The minimum atomic E-state index is -0.331. The first-order valence-electron chi connectivity index (χ1n) is 7.61. The number of hydrogen-bond acceptors (Lipinski definition) is 2. The fourth-order valence-electron chi connectivity index (χ4n) is 2.92. The summed E-state index contributed by atoms with van der Waals surface area (Å²) in [5, 5.41) is 3.67. The predicted molar refractivity (Wildman–Crippen MR) is 80.6 cm³/mol. The molecule has 1 aromatic carbocycles. The number of amides is 1. The van der Waals surface area contributed by atoms with Crippen LogP contribution in [0.4, 0.5) is 4.39 Å². The molecule has 1 aromatic rings. The van der Waals surface area contributed by atoms with Crippen LogP contribution in [0.5, 0.6) is 0 Å². The van der Waals surface area contributed by atoms with Crippen molar-refractivity contribution < 1.29 is 9.18 Å². The van der Waals surface area contributed by atoms with E-state index in [-0.39, 0.29) is 30.2 Å². The highest BCUT2D eigenvalue weighted by Crippen LogP contribution is 2.32. The molecule has 0 aromatic heterocycles. The van der Waals surface area contributed by atoms with Gasteiger partial charge < -0.3 is 10.2 Å². The Kier molecular flexibility index (Phi) is 4.45. The number of carbonyl (C=O) groups is 1. The molecule has 0 bridgehead atoms. The first-order chi connectivity index (χ1) is 10.2. The number of hydrogen-bond donors (Lipinski definition) is 1. The number of halogens is 2. The Bertz CT molecular complexity index is 507. The minimum absolute atomic E-state index is 0.0184. The van der Waals surface area contributed by atoms with Crippen LogP contribution in [-0.4, -0.2) is 29.9 Å². The summed E-state index contributed by atoms with van der Waals surface area (Å²) in [6.45, 7) is 1.99. The van der Waals surface area contributed by atoms with Crippen molar-refractivity contribution in [1.29, 1.82) is 0 Å². The van der Waals surface area contributed by atoms with E-state index in [1.165, 1.54) is 6.07 Å². The number of nitrogens with zero attached hydrogens (tertiary/aromatic N) is 1. The van der Waals surface area contributed by atoms with Gasteiger partial charge in [-0.15, -0.1) is 0 Å². The van der Waals surface area contributed by atoms with Crippen LogP contribution in [0.2, 0.25) is 5.02 Å². The van der Waals surface area contributed by atoms with Crippen LogP contribution in [-0.2, 0) is 11.3 Å². The molecule has 1 aliphatic carbocycles. The van der Waals surface area contributed by atoms with Gasteiger partial charge in [0.25, 0.3) is 0 Å². The molecule has 0 unspecified atom stereocenters. The summed E-state index contributed by atoms with van der Waals surface area (Å²) in [7, 11) is 0. The standard InChI is InChI=1S/C16H20ClFN2O/c17-14-4-1-5-15(18)13(14)10-20(12-6-7-12)16(21)11-3-2-8-19-9-11/h1,4-5,11-12,19H,2-3,6-10H2/t11-/m1/s1. The normalized spacial score (nSPS) is 22.1. The van der Waals surface area contributed by atoms with E-state index in [0.717, 1.165) is 38.8 Å². The third-order valence-corrected chi connectivity index (χ3v) is 4.66. The Morgan fingerprint density at radius 1 is 1.38 bits per heavy atom. The van der Waals surface area contributed by atoms with Crippen molar-refractivity contribution >= 4 is 17.5 Å². The lowest BCUT2D eigenvalue weighted by Gasteiger charge is -2.30. The summed E-state index contributed by atoms with van der Waals surface area (Å²) in [5.41, 5.74) is 0.434. The molecule has 1 saturated carbocycles. The first-order valence-corrected chi connectivity index (χ1v) is 7.98. The highest BCUT2D eigenvalue weighted by atomic mass is 35.5. The summed E-state index contributed by atoms with van der Waals surface area (Å²) in [4.78, 5) is 14.6. The van der Waals surface area contributed by atoms with Crippen molar-refractivity contribution in [3.05, 3.63) is 34.6 Å². The lowest BCUT2D eigenvalue weighted by Crippen LogP contribution is -2.43. The van der Waals surface area contributed by atoms with Gasteiger partial charge in [-0.25, -0.2) is 4.39 Å². The largest absolute Gasteiger partial charge is 0.335 e. The quantitative estimate of drug-likeness (QED) is 0.927. The van der Waals surface area contributed by atoms with Crippen molar-refractivity contribution in [2.45, 2.75) is 38.3 Å². The number of carbonyl (C=O) groups excluding carboxylic acids is 1. The van der Waals surface area contributed by atoms with Gasteiger partial charge in [0, 0.05) is 23.2 Å². The average Bonchev–Trinajstić information content (AvgIpc) is 3.32. The average molecular weight is 311 g/mol. The molecule has 1 atom stereocenters. The van der Waals surface area contributed by atoms with Gasteiger partial charge in [-0.3, -0.25) is 4.79 Å². The molecule has 0 radical (unpaired) electrons. The van der Waals surface area contributed by atoms with Crippen LogP contribution in [0.3, 0.4) is 0 Å². The monoisotopic (exact) mass is 310 g/mol. The fraction of sp³-hybridized carbons (Fsp3) is 0.562. The second-order valence-corrected chi connectivity index (χ2v) is 6.35. The third-order valence-electron chi connectivity index (χ3n) is 4.31. The molecule has 0 spiro atoms. The van der Waals surface area contributed by atoms with Gasteiger partial charge in [0.1, 0.15) is 5.82 Å². The number of nitrogens with one attached hydrogen (secondary N) is 1. The summed E-state index contributed by atoms with van der Waals surface area (Å²) in [6.07, 6.45) is 3.96. The smallest absolute Gasteiger partial charge is 0.227 e. The fourth-order valence-corrected chi connectivity index (χ4v) is 3.15. The highest BCUT2D eigenvalue weighted by Gasteiger charge is 2.36. The maximum Gasteiger partial charge on any atom is 0.227 e. The van der Waals surface area contributed by atoms with E-state index in [1.807, 2.05) is 4.90 Å². The number of piperidine rings is 1. The summed E-state index contributed by atoms with van der Waals surface area (Å²) in [5.74, 6) is -0.170. The van der Waals surface area contributed by atoms with Gasteiger partial charge in [0.2, 0.25) is 5.91 Å². The van der Waals surface area contributed by atoms with Gasteiger partial charge in [-0.1, -0.05) is 17.7 Å². The van der Waals surface area contributed by atoms with Crippen molar-refractivity contribution in [3.8, 4) is 0 Å². The maximum atomic E-state index is 14.0. The second-order valence-electron chi connectivity index (χ2n) is 5.94. The Morgan fingerprint density at radius 2 is 2.19 bits per heavy atom. The summed E-state index contributed by atoms with van der Waals surface area (Å²) in [6, 6.07) is 4.93.